The molecule has 0 saturated heterocycles. The highest BCUT2D eigenvalue weighted by atomic mass is 19.1. The van der Waals surface area contributed by atoms with Gasteiger partial charge in [0.15, 0.2) is 0 Å². The fraction of sp³-hybridized carbons (Fsp3) is 0.143. The highest BCUT2D eigenvalue weighted by Crippen LogP contribution is 2.25. The summed E-state index contributed by atoms with van der Waals surface area (Å²) in [5, 5.41) is 11.9. The number of halogens is 1. The summed E-state index contributed by atoms with van der Waals surface area (Å²) in [6, 6.07) is 9.78. The molecule has 0 spiro atoms. The maximum atomic E-state index is 13.0. The number of benzene rings is 1. The van der Waals surface area contributed by atoms with Crippen LogP contribution in [-0.2, 0) is 6.54 Å². The van der Waals surface area contributed by atoms with Crippen LogP contribution in [-0.4, -0.2) is 12.1 Å². The minimum absolute atomic E-state index is 0.349. The Morgan fingerprint density at radius 3 is 2.95 bits per heavy atom. The zero-order valence-electron chi connectivity index (χ0n) is 10.4. The summed E-state index contributed by atoms with van der Waals surface area (Å²) in [6.07, 6.45) is 1.58. The van der Waals surface area contributed by atoms with Crippen LogP contribution in [0.3, 0.4) is 0 Å². The van der Waals surface area contributed by atoms with E-state index in [9.17, 15) is 4.39 Å². The van der Waals surface area contributed by atoms with E-state index in [2.05, 4.69) is 10.3 Å². The molecular weight excluding hydrogens is 245 g/mol. The van der Waals surface area contributed by atoms with Crippen molar-refractivity contribution in [3.05, 3.63) is 53.6 Å². The molecule has 4 nitrogen and oxygen atoms in total. The highest BCUT2D eigenvalue weighted by Gasteiger charge is 2.04. The Kier molecular flexibility index (Phi) is 3.94. The van der Waals surface area contributed by atoms with Gasteiger partial charge in [0.2, 0.25) is 0 Å². The lowest BCUT2D eigenvalue weighted by Crippen LogP contribution is -2.02. The lowest BCUT2D eigenvalue weighted by molar-refractivity contribution is 0.413. The van der Waals surface area contributed by atoms with Crippen molar-refractivity contribution >= 4 is 5.69 Å². The van der Waals surface area contributed by atoms with Crippen molar-refractivity contribution in [1.29, 1.82) is 5.26 Å². The van der Waals surface area contributed by atoms with Crippen LogP contribution >= 0.6 is 0 Å². The van der Waals surface area contributed by atoms with E-state index in [0.29, 0.717) is 23.7 Å². The van der Waals surface area contributed by atoms with E-state index < -0.39 is 0 Å². The number of pyridine rings is 1. The Hall–Kier alpha value is -2.61. The van der Waals surface area contributed by atoms with Gasteiger partial charge >= 0.3 is 0 Å². The molecule has 2 aromatic rings. The van der Waals surface area contributed by atoms with Crippen LogP contribution in [0, 0.1) is 17.1 Å². The number of methoxy groups -OCH3 is 1. The second-order valence-corrected chi connectivity index (χ2v) is 3.86. The number of nitrogens with one attached hydrogen (secondary N) is 1. The number of nitriles is 1. The second-order valence-electron chi connectivity index (χ2n) is 3.86. The Morgan fingerprint density at radius 1 is 1.37 bits per heavy atom. The van der Waals surface area contributed by atoms with Crippen molar-refractivity contribution in [2.24, 2.45) is 0 Å². The Labute approximate surface area is 110 Å². The molecular formula is C14H12FN3O. The van der Waals surface area contributed by atoms with Gasteiger partial charge in [0, 0.05) is 18.8 Å². The summed E-state index contributed by atoms with van der Waals surface area (Å²) in [5.41, 5.74) is 1.97. The third-order valence-electron chi connectivity index (χ3n) is 2.59. The summed E-state index contributed by atoms with van der Waals surface area (Å²) >= 11 is 0. The summed E-state index contributed by atoms with van der Waals surface area (Å²) < 4.78 is 18.1. The van der Waals surface area contributed by atoms with Crippen molar-refractivity contribution in [2.45, 2.75) is 6.54 Å². The molecule has 0 atom stereocenters. The van der Waals surface area contributed by atoms with Crippen molar-refractivity contribution in [3.63, 3.8) is 0 Å². The van der Waals surface area contributed by atoms with E-state index in [-0.39, 0.29) is 5.82 Å². The Bertz CT molecular complexity index is 622. The van der Waals surface area contributed by atoms with Crippen LogP contribution in [0.25, 0.3) is 0 Å². The molecule has 0 aliphatic heterocycles. The zero-order chi connectivity index (χ0) is 13.7. The summed E-state index contributed by atoms with van der Waals surface area (Å²) in [7, 11) is 1.49. The minimum Gasteiger partial charge on any atom is -0.494 e. The van der Waals surface area contributed by atoms with Crippen molar-refractivity contribution in [3.8, 4) is 11.8 Å². The van der Waals surface area contributed by atoms with Crippen LogP contribution in [0.1, 0.15) is 11.3 Å². The largest absolute Gasteiger partial charge is 0.494 e. The molecule has 0 fully saturated rings. The molecule has 0 unspecified atom stereocenters. The van der Waals surface area contributed by atoms with Gasteiger partial charge < -0.3 is 10.1 Å². The normalized spacial score (nSPS) is 9.74. The number of aromatic nitrogens is 1. The average molecular weight is 257 g/mol. The SMILES string of the molecule is COc1cc(F)ccc1NCc1ccnc(C#N)c1. The summed E-state index contributed by atoms with van der Waals surface area (Å²) in [4.78, 5) is 3.90. The first kappa shape index (κ1) is 12.8. The number of rotatable bonds is 4. The lowest BCUT2D eigenvalue weighted by Gasteiger charge is -2.11. The number of ether oxygens (including phenoxy) is 1. The van der Waals surface area contributed by atoms with E-state index in [1.165, 1.54) is 19.2 Å². The molecule has 1 heterocycles. The average Bonchev–Trinajstić information content (AvgIpc) is 2.46. The van der Waals surface area contributed by atoms with Crippen molar-refractivity contribution < 1.29 is 9.13 Å². The number of hydrogen-bond acceptors (Lipinski definition) is 4. The molecule has 1 aromatic carbocycles. The van der Waals surface area contributed by atoms with Gasteiger partial charge in [0.05, 0.1) is 12.8 Å². The van der Waals surface area contributed by atoms with Crippen molar-refractivity contribution in [1.82, 2.24) is 4.98 Å². The minimum atomic E-state index is -0.349. The molecule has 0 aliphatic carbocycles. The topological polar surface area (TPSA) is 57.9 Å². The molecule has 19 heavy (non-hydrogen) atoms. The smallest absolute Gasteiger partial charge is 0.144 e. The Balaban J connectivity index is 2.12. The predicted molar refractivity (Wildman–Crippen MR) is 69.2 cm³/mol. The van der Waals surface area contributed by atoms with Gasteiger partial charge in [-0.2, -0.15) is 5.26 Å². The van der Waals surface area contributed by atoms with Gasteiger partial charge in [-0.3, -0.25) is 0 Å². The van der Waals surface area contributed by atoms with Gasteiger partial charge in [-0.05, 0) is 29.8 Å². The summed E-state index contributed by atoms with van der Waals surface area (Å²) in [6.45, 7) is 0.499. The van der Waals surface area contributed by atoms with Gasteiger partial charge in [-0.15, -0.1) is 0 Å². The molecule has 1 aromatic heterocycles. The van der Waals surface area contributed by atoms with Gasteiger partial charge in [-0.25, -0.2) is 9.37 Å². The third kappa shape index (κ3) is 3.19. The first-order valence-electron chi connectivity index (χ1n) is 5.65. The molecule has 0 saturated carbocycles. The van der Waals surface area contributed by atoms with Crippen LogP contribution in [0.2, 0.25) is 0 Å². The monoisotopic (exact) mass is 257 g/mol. The third-order valence-corrected chi connectivity index (χ3v) is 2.59. The van der Waals surface area contributed by atoms with E-state index in [1.807, 2.05) is 12.1 Å². The van der Waals surface area contributed by atoms with Gasteiger partial charge in [-0.1, -0.05) is 0 Å². The fourth-order valence-electron chi connectivity index (χ4n) is 1.65. The molecule has 1 N–H and O–H groups in total. The van der Waals surface area contributed by atoms with E-state index >= 15 is 0 Å². The van der Waals surface area contributed by atoms with Gasteiger partial charge in [0.1, 0.15) is 23.3 Å². The van der Waals surface area contributed by atoms with E-state index in [1.54, 1.807) is 18.3 Å². The molecule has 0 aliphatic rings. The molecule has 2 rings (SSSR count). The predicted octanol–water partition coefficient (Wildman–Crippen LogP) is 2.71. The van der Waals surface area contributed by atoms with E-state index in [4.69, 9.17) is 10.00 Å². The standard InChI is InChI=1S/C14H12FN3O/c1-19-14-7-11(15)2-3-13(14)18-9-10-4-5-17-12(6-10)8-16/h2-7,18H,9H2,1H3. The molecule has 0 radical (unpaired) electrons. The lowest BCUT2D eigenvalue weighted by atomic mass is 10.2. The molecule has 0 bridgehead atoms. The molecule has 5 heteroatoms. The van der Waals surface area contributed by atoms with Crippen LogP contribution < -0.4 is 10.1 Å². The van der Waals surface area contributed by atoms with E-state index in [0.717, 1.165) is 5.56 Å². The zero-order valence-corrected chi connectivity index (χ0v) is 10.4. The number of anilines is 1. The molecule has 0 amide bonds. The van der Waals surface area contributed by atoms with Crippen LogP contribution in [0.4, 0.5) is 10.1 Å². The van der Waals surface area contributed by atoms with Crippen molar-refractivity contribution in [2.75, 3.05) is 12.4 Å². The fourth-order valence-corrected chi connectivity index (χ4v) is 1.65. The first-order chi connectivity index (χ1) is 9.22. The van der Waals surface area contributed by atoms with Gasteiger partial charge in [0.25, 0.3) is 0 Å². The molecule has 96 valence electrons. The maximum absolute atomic E-state index is 13.0. The number of nitrogens with zero attached hydrogens (tertiary/aromatic N) is 2. The quantitative estimate of drug-likeness (QED) is 0.914. The maximum Gasteiger partial charge on any atom is 0.144 e. The first-order valence-corrected chi connectivity index (χ1v) is 5.65. The Morgan fingerprint density at radius 2 is 2.21 bits per heavy atom. The van der Waals surface area contributed by atoms with Crippen LogP contribution in [0.5, 0.6) is 5.75 Å². The summed E-state index contributed by atoms with van der Waals surface area (Å²) in [5.74, 6) is 0.0904. The highest BCUT2D eigenvalue weighted by molar-refractivity contribution is 5.56. The number of hydrogen-bond donors (Lipinski definition) is 1. The van der Waals surface area contributed by atoms with Crippen LogP contribution in [0.15, 0.2) is 36.5 Å². The second kappa shape index (κ2) is 5.83.